The third-order valence-electron chi connectivity index (χ3n) is 2.79. The Morgan fingerprint density at radius 1 is 1.56 bits per heavy atom. The van der Waals surface area contributed by atoms with Gasteiger partial charge in [0.05, 0.1) is 6.42 Å². The smallest absolute Gasteiger partial charge is 0.231 e. The zero-order valence-corrected chi connectivity index (χ0v) is 10.8. The number of carbonyl (C=O) groups excluding carboxylic acids is 1. The first-order valence-electron chi connectivity index (χ1n) is 5.31. The van der Waals surface area contributed by atoms with E-state index in [-0.39, 0.29) is 5.91 Å². The highest BCUT2D eigenvalue weighted by atomic mass is 35.5. The van der Waals surface area contributed by atoms with Crippen LogP contribution in [-0.2, 0) is 11.2 Å². The number of amides is 1. The minimum absolute atomic E-state index is 0.158. The number of benzene rings is 1. The van der Waals surface area contributed by atoms with E-state index >= 15 is 0 Å². The molecule has 0 saturated carbocycles. The zero-order chi connectivity index (χ0) is 11.7. The molecule has 1 aromatic rings. The first-order chi connectivity index (χ1) is 7.61. The summed E-state index contributed by atoms with van der Waals surface area (Å²) in [7, 11) is 0. The zero-order valence-electron chi connectivity index (χ0n) is 9.11. The summed E-state index contributed by atoms with van der Waals surface area (Å²) in [6.07, 6.45) is 0.492. The lowest BCUT2D eigenvalue weighted by molar-refractivity contribution is -0.117. The number of thiol groups is 1. The van der Waals surface area contributed by atoms with Gasteiger partial charge in [0, 0.05) is 17.3 Å². The summed E-state index contributed by atoms with van der Waals surface area (Å²) in [6, 6.07) is 5.63. The molecule has 0 aliphatic carbocycles. The van der Waals surface area contributed by atoms with Gasteiger partial charge < -0.3 is 4.90 Å². The van der Waals surface area contributed by atoms with Crippen LogP contribution in [0.3, 0.4) is 0 Å². The quantitative estimate of drug-likeness (QED) is 0.824. The first-order valence-corrected chi connectivity index (χ1v) is 6.32. The van der Waals surface area contributed by atoms with Crippen LogP contribution < -0.4 is 4.90 Å². The van der Waals surface area contributed by atoms with Gasteiger partial charge in [0.25, 0.3) is 0 Å². The van der Waals surface area contributed by atoms with Gasteiger partial charge in [-0.1, -0.05) is 24.6 Å². The Morgan fingerprint density at radius 3 is 3.00 bits per heavy atom. The maximum atomic E-state index is 11.9. The molecule has 1 unspecified atom stereocenters. The van der Waals surface area contributed by atoms with Crippen LogP contribution in [-0.4, -0.2) is 18.2 Å². The minimum Gasteiger partial charge on any atom is -0.311 e. The van der Waals surface area contributed by atoms with Crippen molar-refractivity contribution in [3.8, 4) is 0 Å². The molecule has 4 heteroatoms. The Hall–Kier alpha value is -0.670. The molecule has 1 heterocycles. The average molecular weight is 256 g/mol. The van der Waals surface area contributed by atoms with E-state index in [9.17, 15) is 4.79 Å². The molecule has 1 aliphatic rings. The second-order valence-electron chi connectivity index (χ2n) is 4.24. The second kappa shape index (κ2) is 4.68. The van der Waals surface area contributed by atoms with Crippen molar-refractivity contribution >= 4 is 35.8 Å². The van der Waals surface area contributed by atoms with Gasteiger partial charge >= 0.3 is 0 Å². The summed E-state index contributed by atoms with van der Waals surface area (Å²) < 4.78 is 0. The Balaban J connectivity index is 2.28. The number of carbonyl (C=O) groups is 1. The van der Waals surface area contributed by atoms with Crippen molar-refractivity contribution in [3.05, 3.63) is 28.8 Å². The van der Waals surface area contributed by atoms with E-state index in [0.717, 1.165) is 23.5 Å². The molecular formula is C12H14ClNOS. The number of nitrogens with zero attached hydrogens (tertiary/aromatic N) is 1. The van der Waals surface area contributed by atoms with Gasteiger partial charge in [0.15, 0.2) is 0 Å². The standard InChI is InChI=1S/C12H14ClNOS/c1-8(7-16)6-14-11-5-10(13)3-2-9(11)4-12(14)15/h2-3,5,8,16H,4,6-7H2,1H3. The van der Waals surface area contributed by atoms with Crippen LogP contribution in [0.5, 0.6) is 0 Å². The van der Waals surface area contributed by atoms with Crippen LogP contribution in [0.4, 0.5) is 5.69 Å². The monoisotopic (exact) mass is 255 g/mol. The molecule has 0 fully saturated rings. The lowest BCUT2D eigenvalue weighted by Gasteiger charge is -2.21. The Labute approximate surface area is 106 Å². The van der Waals surface area contributed by atoms with Crippen LogP contribution >= 0.6 is 24.2 Å². The maximum Gasteiger partial charge on any atom is 0.231 e. The molecule has 1 atom stereocenters. The fourth-order valence-corrected chi connectivity index (χ4v) is 2.18. The SMILES string of the molecule is CC(CS)CN1C(=O)Cc2ccc(Cl)cc21. The van der Waals surface area contributed by atoms with Crippen molar-refractivity contribution < 1.29 is 4.79 Å². The predicted molar refractivity (Wildman–Crippen MR) is 70.5 cm³/mol. The first kappa shape index (κ1) is 11.8. The van der Waals surface area contributed by atoms with Crippen LogP contribution in [0.1, 0.15) is 12.5 Å². The molecule has 0 spiro atoms. The van der Waals surface area contributed by atoms with Crippen molar-refractivity contribution in [2.75, 3.05) is 17.2 Å². The molecule has 0 bridgehead atoms. The molecule has 86 valence electrons. The van der Waals surface area contributed by atoms with E-state index in [1.54, 1.807) is 0 Å². The molecule has 0 radical (unpaired) electrons. The van der Waals surface area contributed by atoms with E-state index in [4.69, 9.17) is 11.6 Å². The fourth-order valence-electron chi connectivity index (χ4n) is 1.90. The highest BCUT2D eigenvalue weighted by molar-refractivity contribution is 7.80. The summed E-state index contributed by atoms with van der Waals surface area (Å²) in [6.45, 7) is 2.80. The van der Waals surface area contributed by atoms with Crippen LogP contribution in [0.2, 0.25) is 5.02 Å². The predicted octanol–water partition coefficient (Wildman–Crippen LogP) is 2.80. The van der Waals surface area contributed by atoms with E-state index < -0.39 is 0 Å². The van der Waals surface area contributed by atoms with Crippen molar-refractivity contribution in [3.63, 3.8) is 0 Å². The lowest BCUT2D eigenvalue weighted by Crippen LogP contribution is -2.31. The second-order valence-corrected chi connectivity index (χ2v) is 5.04. The summed E-state index contributed by atoms with van der Waals surface area (Å²) in [5, 5.41) is 0.678. The fraction of sp³-hybridized carbons (Fsp3) is 0.417. The van der Waals surface area contributed by atoms with Gasteiger partial charge in [0.2, 0.25) is 5.91 Å². The summed E-state index contributed by atoms with van der Waals surface area (Å²) in [5.74, 6) is 1.32. The molecule has 1 amide bonds. The largest absolute Gasteiger partial charge is 0.311 e. The minimum atomic E-state index is 0.158. The lowest BCUT2D eigenvalue weighted by atomic mass is 10.1. The third-order valence-corrected chi connectivity index (χ3v) is 3.65. The number of halogens is 1. The highest BCUT2D eigenvalue weighted by Crippen LogP contribution is 2.32. The molecule has 0 saturated heterocycles. The number of hydrogen-bond acceptors (Lipinski definition) is 2. The molecule has 2 nitrogen and oxygen atoms in total. The number of fused-ring (bicyclic) bond motifs is 1. The molecule has 0 aromatic heterocycles. The van der Waals surface area contributed by atoms with Crippen LogP contribution in [0.15, 0.2) is 18.2 Å². The third kappa shape index (κ3) is 2.20. The normalized spacial score (nSPS) is 16.4. The van der Waals surface area contributed by atoms with E-state index in [1.165, 1.54) is 0 Å². The van der Waals surface area contributed by atoms with Crippen molar-refractivity contribution in [1.82, 2.24) is 0 Å². The number of hydrogen-bond donors (Lipinski definition) is 1. The van der Waals surface area contributed by atoms with Gasteiger partial charge in [-0.25, -0.2) is 0 Å². The van der Waals surface area contributed by atoms with Crippen LogP contribution in [0.25, 0.3) is 0 Å². The van der Waals surface area contributed by atoms with Crippen LogP contribution in [0, 0.1) is 5.92 Å². The molecular weight excluding hydrogens is 242 g/mol. The molecule has 16 heavy (non-hydrogen) atoms. The van der Waals surface area contributed by atoms with Gasteiger partial charge in [-0.2, -0.15) is 12.6 Å². The van der Waals surface area contributed by atoms with Gasteiger partial charge in [-0.15, -0.1) is 0 Å². The Morgan fingerprint density at radius 2 is 2.31 bits per heavy atom. The Bertz CT molecular complexity index is 421. The molecule has 2 rings (SSSR count). The van der Waals surface area contributed by atoms with Crippen molar-refractivity contribution in [2.45, 2.75) is 13.3 Å². The van der Waals surface area contributed by atoms with E-state index in [0.29, 0.717) is 17.4 Å². The summed E-state index contributed by atoms with van der Waals surface area (Å²) in [4.78, 5) is 13.7. The summed E-state index contributed by atoms with van der Waals surface area (Å²) >= 11 is 10.2. The van der Waals surface area contributed by atoms with Gasteiger partial charge in [-0.3, -0.25) is 4.79 Å². The number of anilines is 1. The molecule has 1 aromatic carbocycles. The van der Waals surface area contributed by atoms with E-state index in [1.807, 2.05) is 23.1 Å². The highest BCUT2D eigenvalue weighted by Gasteiger charge is 2.27. The van der Waals surface area contributed by atoms with Crippen molar-refractivity contribution in [2.24, 2.45) is 5.92 Å². The van der Waals surface area contributed by atoms with E-state index in [2.05, 4.69) is 19.6 Å². The topological polar surface area (TPSA) is 20.3 Å². The average Bonchev–Trinajstić information content (AvgIpc) is 2.55. The maximum absolute atomic E-state index is 11.9. The van der Waals surface area contributed by atoms with Gasteiger partial charge in [-0.05, 0) is 29.4 Å². The summed E-state index contributed by atoms with van der Waals surface area (Å²) in [5.41, 5.74) is 2.03. The Kier molecular flexibility index (Phi) is 3.45. The number of rotatable bonds is 3. The molecule has 0 N–H and O–H groups in total. The molecule has 1 aliphatic heterocycles. The van der Waals surface area contributed by atoms with Gasteiger partial charge in [0.1, 0.15) is 0 Å². The van der Waals surface area contributed by atoms with Crippen molar-refractivity contribution in [1.29, 1.82) is 0 Å².